The van der Waals surface area contributed by atoms with Gasteiger partial charge in [0.25, 0.3) is 0 Å². The maximum absolute atomic E-state index is 13.0. The maximum atomic E-state index is 13.0. The summed E-state index contributed by atoms with van der Waals surface area (Å²) in [6, 6.07) is 10.4. The van der Waals surface area contributed by atoms with Crippen molar-refractivity contribution in [2.75, 3.05) is 6.61 Å². The van der Waals surface area contributed by atoms with Crippen LogP contribution >= 0.6 is 0 Å². The molecule has 0 bridgehead atoms. The molecule has 0 heterocycles. The number of hydrogen-bond acceptors (Lipinski definition) is 2. The first-order valence-electron chi connectivity index (χ1n) is 8.62. The van der Waals surface area contributed by atoms with Crippen LogP contribution in [0.2, 0.25) is 0 Å². The van der Waals surface area contributed by atoms with E-state index in [0.717, 1.165) is 5.56 Å². The van der Waals surface area contributed by atoms with E-state index in [9.17, 15) is 26.3 Å². The highest BCUT2D eigenvalue weighted by Gasteiger charge is 2.37. The van der Waals surface area contributed by atoms with Crippen LogP contribution in [0.5, 0.6) is 0 Å². The molecule has 8 heteroatoms. The van der Waals surface area contributed by atoms with E-state index in [1.807, 2.05) is 13.0 Å². The number of alkyl halides is 6. The standard InChI is InChI=1S/C20H21F6NO/c1-3-18(27,15-7-5-4-6-8-15)12-28-13(2)14-9-16(19(21,22)23)11-17(10-14)20(24,25)26/h4-11,13H,3,12,27H2,1-2H3/t13-,18-/m1/s1. The zero-order valence-corrected chi connectivity index (χ0v) is 15.4. The molecule has 0 spiro atoms. The molecule has 0 aliphatic rings. The average Bonchev–Trinajstić information content (AvgIpc) is 2.64. The van der Waals surface area contributed by atoms with Gasteiger partial charge in [-0.2, -0.15) is 26.3 Å². The highest BCUT2D eigenvalue weighted by Crippen LogP contribution is 2.38. The van der Waals surface area contributed by atoms with Crippen molar-refractivity contribution < 1.29 is 31.1 Å². The Bertz CT molecular complexity index is 755. The van der Waals surface area contributed by atoms with Gasteiger partial charge in [0.2, 0.25) is 0 Å². The van der Waals surface area contributed by atoms with Crippen molar-refractivity contribution in [3.8, 4) is 0 Å². The van der Waals surface area contributed by atoms with Gasteiger partial charge < -0.3 is 10.5 Å². The monoisotopic (exact) mass is 405 g/mol. The normalized spacial score (nSPS) is 15.9. The van der Waals surface area contributed by atoms with Crippen LogP contribution < -0.4 is 5.73 Å². The van der Waals surface area contributed by atoms with Crippen LogP contribution in [0.3, 0.4) is 0 Å². The van der Waals surface area contributed by atoms with Gasteiger partial charge in [0, 0.05) is 0 Å². The Morgan fingerprint density at radius 2 is 1.36 bits per heavy atom. The first-order valence-corrected chi connectivity index (χ1v) is 8.62. The fourth-order valence-corrected chi connectivity index (χ4v) is 2.74. The summed E-state index contributed by atoms with van der Waals surface area (Å²) in [6.07, 6.45) is -10.3. The molecule has 0 radical (unpaired) electrons. The van der Waals surface area contributed by atoms with E-state index >= 15 is 0 Å². The van der Waals surface area contributed by atoms with E-state index in [1.54, 1.807) is 24.3 Å². The van der Waals surface area contributed by atoms with E-state index in [4.69, 9.17) is 10.5 Å². The summed E-state index contributed by atoms with van der Waals surface area (Å²) in [6.45, 7) is 3.16. The van der Waals surface area contributed by atoms with Crippen LogP contribution in [-0.4, -0.2) is 6.61 Å². The maximum Gasteiger partial charge on any atom is 0.416 e. The lowest BCUT2D eigenvalue weighted by Gasteiger charge is -2.30. The molecule has 28 heavy (non-hydrogen) atoms. The van der Waals surface area contributed by atoms with E-state index in [0.29, 0.717) is 18.6 Å². The molecule has 2 rings (SSSR count). The summed E-state index contributed by atoms with van der Waals surface area (Å²) in [7, 11) is 0. The Labute approximate surface area is 159 Å². The number of hydrogen-bond donors (Lipinski definition) is 1. The molecule has 0 saturated carbocycles. The fourth-order valence-electron chi connectivity index (χ4n) is 2.74. The summed E-state index contributed by atoms with van der Waals surface area (Å²) in [5.74, 6) is 0. The zero-order valence-electron chi connectivity index (χ0n) is 15.4. The minimum absolute atomic E-state index is 0.0632. The molecule has 2 nitrogen and oxygen atoms in total. The van der Waals surface area contributed by atoms with Gasteiger partial charge in [-0.25, -0.2) is 0 Å². The second-order valence-corrected chi connectivity index (χ2v) is 6.67. The molecule has 0 fully saturated rings. The Morgan fingerprint density at radius 1 is 0.857 bits per heavy atom. The molecule has 2 aromatic carbocycles. The predicted octanol–water partition coefficient (Wildman–Crippen LogP) is 6.07. The zero-order chi connectivity index (χ0) is 21.2. The van der Waals surface area contributed by atoms with Crippen molar-refractivity contribution in [3.05, 3.63) is 70.8 Å². The SMILES string of the molecule is CC[C@@](N)(CO[C@H](C)c1cc(C(F)(F)F)cc(C(F)(F)F)c1)c1ccccc1. The lowest BCUT2D eigenvalue weighted by Crippen LogP contribution is -2.41. The molecular formula is C20H21F6NO. The van der Waals surface area contributed by atoms with Crippen LogP contribution in [0.1, 0.15) is 48.6 Å². The topological polar surface area (TPSA) is 35.2 Å². The molecular weight excluding hydrogens is 384 g/mol. The molecule has 0 aromatic heterocycles. The number of rotatable bonds is 6. The van der Waals surface area contributed by atoms with Gasteiger partial charge in [0.05, 0.1) is 29.4 Å². The second-order valence-electron chi connectivity index (χ2n) is 6.67. The van der Waals surface area contributed by atoms with Crippen LogP contribution in [0.15, 0.2) is 48.5 Å². The van der Waals surface area contributed by atoms with Crippen molar-refractivity contribution in [2.45, 2.75) is 44.3 Å². The minimum Gasteiger partial charge on any atom is -0.372 e. The van der Waals surface area contributed by atoms with E-state index in [2.05, 4.69) is 0 Å². The molecule has 0 aliphatic heterocycles. The Hall–Kier alpha value is -2.06. The number of halogens is 6. The van der Waals surface area contributed by atoms with Gasteiger partial charge in [-0.05, 0) is 42.7 Å². The second kappa shape index (κ2) is 8.13. The van der Waals surface area contributed by atoms with Crippen LogP contribution in [0, 0.1) is 0 Å². The van der Waals surface area contributed by atoms with E-state index < -0.39 is 35.1 Å². The van der Waals surface area contributed by atoms with Crippen molar-refractivity contribution in [2.24, 2.45) is 5.73 Å². The molecule has 0 amide bonds. The summed E-state index contributed by atoms with van der Waals surface area (Å²) in [4.78, 5) is 0. The first-order chi connectivity index (χ1) is 12.9. The third-order valence-corrected chi connectivity index (χ3v) is 4.65. The van der Waals surface area contributed by atoms with E-state index in [1.165, 1.54) is 6.92 Å². The van der Waals surface area contributed by atoms with Gasteiger partial charge in [-0.1, -0.05) is 37.3 Å². The number of benzene rings is 2. The molecule has 2 atom stereocenters. The van der Waals surface area contributed by atoms with Crippen molar-refractivity contribution in [3.63, 3.8) is 0 Å². The molecule has 0 saturated heterocycles. The Kier molecular flexibility index (Phi) is 6.45. The Balaban J connectivity index is 2.29. The smallest absolute Gasteiger partial charge is 0.372 e. The summed E-state index contributed by atoms with van der Waals surface area (Å²) >= 11 is 0. The minimum atomic E-state index is -4.90. The quantitative estimate of drug-likeness (QED) is 0.593. The van der Waals surface area contributed by atoms with Crippen molar-refractivity contribution in [1.29, 1.82) is 0 Å². The Morgan fingerprint density at radius 3 is 1.79 bits per heavy atom. The number of ether oxygens (including phenoxy) is 1. The number of nitrogens with two attached hydrogens (primary N) is 1. The molecule has 2 aromatic rings. The summed E-state index contributed by atoms with van der Waals surface area (Å²) in [5, 5.41) is 0. The molecule has 154 valence electrons. The van der Waals surface area contributed by atoms with Crippen molar-refractivity contribution in [1.82, 2.24) is 0 Å². The van der Waals surface area contributed by atoms with Crippen LogP contribution in [0.4, 0.5) is 26.3 Å². The predicted molar refractivity (Wildman–Crippen MR) is 93.4 cm³/mol. The van der Waals surface area contributed by atoms with E-state index in [-0.39, 0.29) is 18.2 Å². The van der Waals surface area contributed by atoms with Gasteiger partial charge in [-0.3, -0.25) is 0 Å². The van der Waals surface area contributed by atoms with Crippen LogP contribution in [0.25, 0.3) is 0 Å². The third-order valence-electron chi connectivity index (χ3n) is 4.65. The lowest BCUT2D eigenvalue weighted by molar-refractivity contribution is -0.143. The van der Waals surface area contributed by atoms with Gasteiger partial charge in [0.15, 0.2) is 0 Å². The summed E-state index contributed by atoms with van der Waals surface area (Å²) in [5.41, 5.74) is 3.26. The molecule has 2 N–H and O–H groups in total. The molecule has 0 unspecified atom stereocenters. The largest absolute Gasteiger partial charge is 0.416 e. The highest BCUT2D eigenvalue weighted by atomic mass is 19.4. The van der Waals surface area contributed by atoms with Gasteiger partial charge in [-0.15, -0.1) is 0 Å². The average molecular weight is 405 g/mol. The lowest BCUT2D eigenvalue weighted by atomic mass is 9.89. The van der Waals surface area contributed by atoms with Crippen LogP contribution in [-0.2, 0) is 22.6 Å². The fraction of sp³-hybridized carbons (Fsp3) is 0.400. The van der Waals surface area contributed by atoms with Gasteiger partial charge >= 0.3 is 12.4 Å². The van der Waals surface area contributed by atoms with Crippen molar-refractivity contribution >= 4 is 0 Å². The highest BCUT2D eigenvalue weighted by molar-refractivity contribution is 5.34. The first kappa shape index (κ1) is 22.2. The van der Waals surface area contributed by atoms with Gasteiger partial charge in [0.1, 0.15) is 0 Å². The molecule has 0 aliphatic carbocycles. The summed E-state index contributed by atoms with van der Waals surface area (Å²) < 4.78 is 83.7. The third kappa shape index (κ3) is 5.26.